The molecular weight excluding hydrogens is 1660 g/mol. The van der Waals surface area contributed by atoms with Crippen LogP contribution in [-0.4, -0.2) is 288 Å². The molecule has 1 saturated carbocycles. The van der Waals surface area contributed by atoms with Crippen LogP contribution < -0.4 is 27.0 Å². The van der Waals surface area contributed by atoms with Crippen molar-refractivity contribution >= 4 is 87.2 Å². The molecule has 5 aliphatic heterocycles. The van der Waals surface area contributed by atoms with E-state index in [1.165, 1.54) is 23.9 Å². The third-order valence-electron chi connectivity index (χ3n) is 25.6. The number of Topliss-reactive ketones (excluding diaryl/α,β-unsaturated/α-hetero) is 2. The minimum absolute atomic E-state index is 0.00553. The fourth-order valence-corrected chi connectivity index (χ4v) is 18.3. The van der Waals surface area contributed by atoms with E-state index in [0.29, 0.717) is 186 Å². The monoisotopic (exact) mass is 1790 g/mol. The number of ether oxygens (including phenoxy) is 9. The number of ketones is 2. The van der Waals surface area contributed by atoms with Crippen molar-refractivity contribution < 1.29 is 90.5 Å². The number of aromatic nitrogens is 7. The Labute approximate surface area is 754 Å². The molecule has 0 spiro atoms. The molecule has 2 aromatic carbocycles. The summed E-state index contributed by atoms with van der Waals surface area (Å²) < 4.78 is 61.4. The molecule has 12 rings (SSSR count). The maximum atomic E-state index is 14.8. The van der Waals surface area contributed by atoms with E-state index in [1.54, 1.807) is 63.6 Å². The number of piperazine rings is 1. The normalized spacial score (nSPS) is 26.6. The van der Waals surface area contributed by atoms with Crippen molar-refractivity contribution in [1.82, 2.24) is 64.9 Å². The Morgan fingerprint density at radius 2 is 1.49 bits per heavy atom. The summed E-state index contributed by atoms with van der Waals surface area (Å²) in [7, 11) is 7.94. The molecule has 35 heteroatoms. The minimum atomic E-state index is -1.26. The van der Waals surface area contributed by atoms with E-state index < -0.39 is 78.4 Å². The second-order valence-electron chi connectivity index (χ2n) is 35.1. The Bertz CT molecular complexity index is 4930. The topological polar surface area (TPSA) is 428 Å². The van der Waals surface area contributed by atoms with Crippen LogP contribution in [0.2, 0.25) is 0 Å². The van der Waals surface area contributed by atoms with Gasteiger partial charge in [0.25, 0.3) is 11.9 Å². The summed E-state index contributed by atoms with van der Waals surface area (Å²) in [4.78, 5) is 141. The van der Waals surface area contributed by atoms with Gasteiger partial charge in [-0.3, -0.25) is 33.7 Å². The molecule has 9 heterocycles. The van der Waals surface area contributed by atoms with E-state index in [0.717, 1.165) is 22.3 Å². The maximum absolute atomic E-state index is 14.8. The number of likely N-dealkylation sites (N-methyl/N-ethyl adjacent to an activating group) is 1. The lowest BCUT2D eigenvalue weighted by Gasteiger charge is -2.37. The molecule has 6 aromatic rings. The van der Waals surface area contributed by atoms with E-state index in [1.807, 2.05) is 96.8 Å². The number of piperidine rings is 1. The van der Waals surface area contributed by atoms with Gasteiger partial charge < -0.3 is 93.9 Å². The second-order valence-corrected chi connectivity index (χ2v) is 35.1. The molecule has 3 saturated heterocycles. The number of nitrogen functional groups attached to an aromatic ring is 2. The van der Waals surface area contributed by atoms with Crippen LogP contribution in [0.25, 0.3) is 33.4 Å². The van der Waals surface area contributed by atoms with Gasteiger partial charge in [-0.05, 0) is 162 Å². The number of anilines is 3. The fraction of sp³-hybridized carbons (Fsp3) is 0.596. The van der Waals surface area contributed by atoms with Crippen LogP contribution in [0.4, 0.5) is 22.6 Å². The first-order chi connectivity index (χ1) is 62.2. The number of alkyl carbamates (subject to hydrolysis) is 1. The number of rotatable bonds is 27. The average molecular weight is 1790 g/mol. The number of nitrogens with zero attached hydrogens (tertiary/aromatic N) is 12. The van der Waals surface area contributed by atoms with Crippen LogP contribution in [0.5, 0.6) is 0 Å². The second kappa shape index (κ2) is 47.4. The molecule has 4 aromatic heterocycles. The van der Waals surface area contributed by atoms with Crippen LogP contribution in [0.3, 0.4) is 0 Å². The van der Waals surface area contributed by atoms with Gasteiger partial charge in [0.05, 0.1) is 82.3 Å². The summed E-state index contributed by atoms with van der Waals surface area (Å²) in [5.41, 5.74) is 20.7. The van der Waals surface area contributed by atoms with Gasteiger partial charge in [-0.15, -0.1) is 0 Å². The van der Waals surface area contributed by atoms with Gasteiger partial charge in [-0.2, -0.15) is 10.1 Å². The van der Waals surface area contributed by atoms with Gasteiger partial charge in [-0.1, -0.05) is 75.4 Å². The zero-order valence-corrected chi connectivity index (χ0v) is 76.2. The van der Waals surface area contributed by atoms with Gasteiger partial charge in [0, 0.05) is 136 Å². The maximum Gasteiger partial charge on any atom is 0.407 e. The summed E-state index contributed by atoms with van der Waals surface area (Å²) in [6.07, 6.45) is 17.6. The van der Waals surface area contributed by atoms with Gasteiger partial charge in [0.2, 0.25) is 29.5 Å². The van der Waals surface area contributed by atoms with Crippen molar-refractivity contribution in [3.63, 3.8) is 0 Å². The van der Waals surface area contributed by atoms with Gasteiger partial charge in [0.15, 0.2) is 17.0 Å². The van der Waals surface area contributed by atoms with Crippen LogP contribution >= 0.6 is 0 Å². The van der Waals surface area contributed by atoms with Crippen LogP contribution in [0.15, 0.2) is 107 Å². The highest BCUT2D eigenvalue weighted by Gasteiger charge is 2.43. The number of oxazole rings is 1. The van der Waals surface area contributed by atoms with E-state index in [9.17, 15) is 43.5 Å². The highest BCUT2D eigenvalue weighted by molar-refractivity contribution is 6.38. The lowest BCUT2D eigenvalue weighted by atomic mass is 9.81. The summed E-state index contributed by atoms with van der Waals surface area (Å²) in [5.74, 6) is -2.53. The Morgan fingerprint density at radius 3 is 2.26 bits per heavy atom. The SMILES string of the molecule is CO[C@H]1CC2CCCC(O2)C(=O)C(=O)N2CCCC[C@H]2C(=O)O[C@H](CC[C@@H]2CC[C@@H](OC(=O)NCc3cnc(N4CCN(C(=O)CN(C)CC(=O)NCCOCCOCCC(=O)N5CCc6cc(Cn7nc(-c8ccc9oc(N)nc9c8)c8c(N)ncnc87)ccc6C5)CC4)nc3)[C@H](OC)C2)C[C@@H](OC)[C@H](C)/C=C(\C)[C@@H](O)[C@@H](OC)C(=O)[C@H](C)C[C@H](C)/C=C/C=C/C=C/1C. The Morgan fingerprint density at radius 1 is 0.705 bits per heavy atom. The van der Waals surface area contributed by atoms with E-state index in [-0.39, 0.29) is 131 Å². The standard InChI is InChI=1S/C94H130N16O19/c1-58-17-12-11-13-18-59(2)76(120-7)48-69-19-16-21-75(126-69)86(116)90(117)109-33-15-14-20-72(109)91(118)127-70(49-77(121-8)60(3)44-62(5)85(115)87(123-10)84(114)61(4)43-58)27-23-63-24-28-74(78(46-63)122-9)129-94(119)100-52-65-50-98-93(99-51-65)107-37-35-106(36-38-107)81(113)56-105(6)55-79(111)97-32-40-125-42-41-124-39-31-80(112)108-34-30-66-45-64(22-25-68(66)54-108)53-110-89-82(88(95)101-57-102-89)83(104-110)67-26-29-73-71(47-67)103-92(96)128-73/h11-13,17-18,22,25-26,29,44-45,47,50-51,57-58,60-61,63,69-70,72,74-78,85,87,115H,14-16,19-21,23-24,27-28,30-43,46,48-49,52-56H2,1-10H3,(H2,96,103)(H,97,111)(H,100,119)(H2,95,101,102)/b13-11+,17-12+,59-18+,62-44+/t58-,60-,61-,63-,69?,70-,72+,74-,75?,76+,77-,78-,85-,87+/m1/s1. The smallest absolute Gasteiger partial charge is 0.407 e. The molecule has 14 atom stereocenters. The zero-order valence-electron chi connectivity index (χ0n) is 76.2. The predicted octanol–water partition coefficient (Wildman–Crippen LogP) is 8.40. The summed E-state index contributed by atoms with van der Waals surface area (Å²) in [5, 5.41) is 23.0. The summed E-state index contributed by atoms with van der Waals surface area (Å²) in [6.45, 7) is 14.6. The van der Waals surface area contributed by atoms with E-state index >= 15 is 0 Å². The van der Waals surface area contributed by atoms with Crippen molar-refractivity contribution in [1.29, 1.82) is 0 Å². The molecule has 6 aliphatic rings. The van der Waals surface area contributed by atoms with Gasteiger partial charge in [0.1, 0.15) is 59.9 Å². The van der Waals surface area contributed by atoms with Gasteiger partial charge >= 0.3 is 12.1 Å². The van der Waals surface area contributed by atoms with Crippen LogP contribution in [0.1, 0.15) is 153 Å². The molecular formula is C94H130N16O19. The quantitative estimate of drug-likeness (QED) is 0.0140. The third kappa shape index (κ3) is 26.7. The summed E-state index contributed by atoms with van der Waals surface area (Å²) >= 11 is 0. The molecule has 5 amide bonds. The number of hydrogen-bond donors (Lipinski definition) is 5. The molecule has 35 nitrogen and oxygen atoms in total. The minimum Gasteiger partial charge on any atom is -0.461 e. The number of nitrogens with one attached hydrogen (secondary N) is 2. The highest BCUT2D eigenvalue weighted by Crippen LogP contribution is 2.37. The number of aliphatic hydroxyl groups excluding tert-OH is 1. The molecule has 0 radical (unpaired) electrons. The molecule has 2 unspecified atom stereocenters. The highest BCUT2D eigenvalue weighted by atomic mass is 16.6. The number of nitrogens with two attached hydrogens (primary N) is 2. The predicted molar refractivity (Wildman–Crippen MR) is 481 cm³/mol. The molecule has 700 valence electrons. The molecule has 1 aliphatic carbocycles. The number of hydrogen-bond acceptors (Lipinski definition) is 29. The number of carbonyl (C=O) groups excluding carboxylic acids is 8. The van der Waals surface area contributed by atoms with Crippen molar-refractivity contribution in [3.05, 3.63) is 125 Å². The Hall–Kier alpha value is -10.5. The first-order valence-electron chi connectivity index (χ1n) is 45.4. The molecule has 2 bridgehead atoms. The average Bonchev–Trinajstić information content (AvgIpc) is 1.61. The number of allylic oxidation sites excluding steroid dienone is 5. The lowest BCUT2D eigenvalue weighted by Crippen LogP contribution is -2.54. The van der Waals surface area contributed by atoms with Crippen LogP contribution in [-0.2, 0) is 102 Å². The fourth-order valence-electron chi connectivity index (χ4n) is 18.3. The number of carbonyl (C=O) groups is 8. The van der Waals surface area contributed by atoms with Crippen molar-refractivity contribution in [2.45, 2.75) is 218 Å². The number of esters is 1. The number of cyclic esters (lactones) is 1. The van der Waals surface area contributed by atoms with Crippen molar-refractivity contribution in [2.75, 3.05) is 137 Å². The molecule has 7 N–H and O–H groups in total. The van der Waals surface area contributed by atoms with Crippen LogP contribution in [0, 0.1) is 23.7 Å². The number of fused-ring (bicyclic) bond motifs is 6. The number of aliphatic hydroxyl groups is 1. The van der Waals surface area contributed by atoms with E-state index in [4.69, 9.17) is 63.6 Å². The first-order valence-corrected chi connectivity index (χ1v) is 45.4. The molecule has 129 heavy (non-hydrogen) atoms. The Balaban J connectivity index is 0.537. The van der Waals surface area contributed by atoms with Crippen molar-refractivity contribution in [3.8, 4) is 11.3 Å². The summed E-state index contributed by atoms with van der Waals surface area (Å²) in [6, 6.07) is 10.8. The zero-order chi connectivity index (χ0) is 91.8. The Kier molecular flexibility index (Phi) is 35.8. The molecule has 4 fully saturated rings. The van der Waals surface area contributed by atoms with Gasteiger partial charge in [-0.25, -0.2) is 34.2 Å². The van der Waals surface area contributed by atoms with Crippen molar-refractivity contribution in [2.24, 2.45) is 23.7 Å². The third-order valence-corrected chi connectivity index (χ3v) is 25.6. The number of amides is 5. The lowest BCUT2D eigenvalue weighted by molar-refractivity contribution is -0.168. The number of benzene rings is 2. The van der Waals surface area contributed by atoms with E-state index in [2.05, 4.69) is 47.7 Å². The first kappa shape index (κ1) is 97.6. The largest absolute Gasteiger partial charge is 0.461 e. The number of methoxy groups -OCH3 is 4.